The van der Waals surface area contributed by atoms with Gasteiger partial charge in [-0.05, 0) is 49.1 Å². The molecule has 1 unspecified atom stereocenters. The summed E-state index contributed by atoms with van der Waals surface area (Å²) in [6.07, 6.45) is 4.84. The molecule has 2 N–H and O–H groups in total. The Morgan fingerprint density at radius 1 is 1.30 bits per heavy atom. The molecule has 3 heteroatoms. The van der Waals surface area contributed by atoms with E-state index in [-0.39, 0.29) is 6.04 Å². The van der Waals surface area contributed by atoms with Gasteiger partial charge in [0.2, 0.25) is 0 Å². The van der Waals surface area contributed by atoms with Crippen molar-refractivity contribution in [1.29, 1.82) is 0 Å². The highest BCUT2D eigenvalue weighted by Crippen LogP contribution is 2.42. The van der Waals surface area contributed by atoms with Crippen LogP contribution in [0.1, 0.15) is 51.3 Å². The van der Waals surface area contributed by atoms with E-state index in [1.54, 1.807) is 0 Å². The van der Waals surface area contributed by atoms with Crippen LogP contribution < -0.4 is 5.73 Å². The zero-order valence-corrected chi connectivity index (χ0v) is 12.9. The predicted molar refractivity (Wildman–Crippen MR) is 83.9 cm³/mol. The second kappa shape index (κ2) is 5.09. The molecular weight excluding hydrogens is 270 g/mol. The molecule has 2 nitrogen and oxygen atoms in total. The molecule has 0 amide bonds. The number of halogens is 1. The zero-order valence-electron chi connectivity index (χ0n) is 12.2. The van der Waals surface area contributed by atoms with Gasteiger partial charge in [0.15, 0.2) is 5.58 Å². The lowest BCUT2D eigenvalue weighted by Gasteiger charge is -2.36. The Morgan fingerprint density at radius 2 is 2.00 bits per heavy atom. The summed E-state index contributed by atoms with van der Waals surface area (Å²) in [7, 11) is 0. The van der Waals surface area contributed by atoms with E-state index in [4.69, 9.17) is 21.8 Å². The molecule has 1 heterocycles. The number of para-hydroxylation sites is 1. The van der Waals surface area contributed by atoms with Crippen LogP contribution >= 0.6 is 11.6 Å². The molecule has 0 saturated heterocycles. The van der Waals surface area contributed by atoms with Crippen LogP contribution in [0.25, 0.3) is 11.0 Å². The summed E-state index contributed by atoms with van der Waals surface area (Å²) in [5.74, 6) is 1.39. The first-order valence-corrected chi connectivity index (χ1v) is 7.78. The van der Waals surface area contributed by atoms with Crippen molar-refractivity contribution in [2.75, 3.05) is 0 Å². The molecule has 0 radical (unpaired) electrons. The van der Waals surface area contributed by atoms with E-state index in [0.717, 1.165) is 16.7 Å². The summed E-state index contributed by atoms with van der Waals surface area (Å²) in [4.78, 5) is 0. The monoisotopic (exact) mass is 291 g/mol. The third-order valence-electron chi connectivity index (χ3n) is 4.74. The Bertz CT molecular complexity index is 606. The molecule has 108 valence electrons. The molecule has 1 aromatic carbocycles. The van der Waals surface area contributed by atoms with Crippen molar-refractivity contribution in [3.8, 4) is 0 Å². The average molecular weight is 292 g/mol. The summed E-state index contributed by atoms with van der Waals surface area (Å²) >= 11 is 6.16. The topological polar surface area (TPSA) is 39.2 Å². The Morgan fingerprint density at radius 3 is 2.65 bits per heavy atom. The van der Waals surface area contributed by atoms with Gasteiger partial charge in [-0.1, -0.05) is 37.6 Å². The van der Waals surface area contributed by atoms with Crippen LogP contribution in [0, 0.1) is 11.3 Å². The van der Waals surface area contributed by atoms with E-state index in [0.29, 0.717) is 16.4 Å². The van der Waals surface area contributed by atoms with Gasteiger partial charge in [-0.25, -0.2) is 0 Å². The maximum absolute atomic E-state index is 6.44. The Labute approximate surface area is 125 Å². The molecule has 20 heavy (non-hydrogen) atoms. The third-order valence-corrected chi connectivity index (χ3v) is 5.03. The number of hydrogen-bond acceptors (Lipinski definition) is 2. The van der Waals surface area contributed by atoms with Gasteiger partial charge >= 0.3 is 0 Å². The van der Waals surface area contributed by atoms with Crippen molar-refractivity contribution in [3.63, 3.8) is 0 Å². The van der Waals surface area contributed by atoms with Gasteiger partial charge in [-0.2, -0.15) is 0 Å². The second-order valence-corrected chi connectivity index (χ2v) is 7.24. The fourth-order valence-electron chi connectivity index (χ4n) is 3.22. The highest BCUT2D eigenvalue weighted by atomic mass is 35.5. The molecule has 1 fully saturated rings. The molecule has 0 bridgehead atoms. The van der Waals surface area contributed by atoms with E-state index in [1.807, 2.05) is 24.3 Å². The van der Waals surface area contributed by atoms with Gasteiger partial charge in [-0.15, -0.1) is 0 Å². The number of rotatable bonds is 2. The van der Waals surface area contributed by atoms with E-state index in [1.165, 1.54) is 25.7 Å². The van der Waals surface area contributed by atoms with Crippen molar-refractivity contribution in [1.82, 2.24) is 0 Å². The van der Waals surface area contributed by atoms with Gasteiger partial charge in [0.25, 0.3) is 0 Å². The second-order valence-electron chi connectivity index (χ2n) is 6.83. The quantitative estimate of drug-likeness (QED) is 0.815. The molecule has 1 atom stereocenters. The fourth-order valence-corrected chi connectivity index (χ4v) is 3.45. The molecule has 2 aromatic rings. The largest absolute Gasteiger partial charge is 0.458 e. The average Bonchev–Trinajstić information content (AvgIpc) is 2.83. The smallest absolute Gasteiger partial charge is 0.152 e. The van der Waals surface area contributed by atoms with Crippen LogP contribution in [-0.4, -0.2) is 0 Å². The zero-order chi connectivity index (χ0) is 14.3. The van der Waals surface area contributed by atoms with Crippen molar-refractivity contribution >= 4 is 22.6 Å². The Kier molecular flexibility index (Phi) is 3.55. The predicted octanol–water partition coefficient (Wildman–Crippen LogP) is 5.30. The van der Waals surface area contributed by atoms with Crippen molar-refractivity contribution in [2.24, 2.45) is 17.1 Å². The standard InChI is InChI=1S/C17H22ClNO/c1-17(2)8-6-11(7-9-17)15(19)14-10-12-4-3-5-13(18)16(12)20-14/h3-5,10-11,15H,6-9,19H2,1-2H3. The molecule has 1 aliphatic rings. The summed E-state index contributed by atoms with van der Waals surface area (Å²) in [6.45, 7) is 4.69. The lowest BCUT2D eigenvalue weighted by atomic mass is 9.71. The normalized spacial score (nSPS) is 21.2. The van der Waals surface area contributed by atoms with Gasteiger partial charge in [0.05, 0.1) is 11.1 Å². The number of fused-ring (bicyclic) bond motifs is 1. The van der Waals surface area contributed by atoms with Crippen molar-refractivity contribution < 1.29 is 4.42 Å². The van der Waals surface area contributed by atoms with Crippen LogP contribution in [0.5, 0.6) is 0 Å². The van der Waals surface area contributed by atoms with Crippen LogP contribution in [0.2, 0.25) is 5.02 Å². The van der Waals surface area contributed by atoms with Gasteiger partial charge < -0.3 is 10.2 Å². The number of hydrogen-bond donors (Lipinski definition) is 1. The molecule has 1 aromatic heterocycles. The SMILES string of the molecule is CC1(C)CCC(C(N)c2cc3cccc(Cl)c3o2)CC1. The number of nitrogens with two attached hydrogens (primary N) is 1. The number of furan rings is 1. The summed E-state index contributed by atoms with van der Waals surface area (Å²) in [6, 6.07) is 7.84. The maximum Gasteiger partial charge on any atom is 0.152 e. The van der Waals surface area contributed by atoms with E-state index in [9.17, 15) is 0 Å². The van der Waals surface area contributed by atoms with E-state index >= 15 is 0 Å². The van der Waals surface area contributed by atoms with E-state index in [2.05, 4.69) is 13.8 Å². The van der Waals surface area contributed by atoms with Crippen LogP contribution in [0.15, 0.2) is 28.7 Å². The van der Waals surface area contributed by atoms with Crippen LogP contribution in [0.4, 0.5) is 0 Å². The molecule has 1 saturated carbocycles. The van der Waals surface area contributed by atoms with Crippen molar-refractivity contribution in [2.45, 2.75) is 45.6 Å². The van der Waals surface area contributed by atoms with Crippen LogP contribution in [0.3, 0.4) is 0 Å². The molecule has 3 rings (SSSR count). The lowest BCUT2D eigenvalue weighted by Crippen LogP contribution is -2.28. The Balaban J connectivity index is 1.82. The Hall–Kier alpha value is -0.990. The molecule has 1 aliphatic carbocycles. The first-order valence-electron chi connectivity index (χ1n) is 7.40. The lowest BCUT2D eigenvalue weighted by molar-refractivity contribution is 0.167. The molecule has 0 aliphatic heterocycles. The van der Waals surface area contributed by atoms with Gasteiger partial charge in [0.1, 0.15) is 5.76 Å². The summed E-state index contributed by atoms with van der Waals surface area (Å²) in [5.41, 5.74) is 7.66. The third kappa shape index (κ3) is 2.59. The summed E-state index contributed by atoms with van der Waals surface area (Å²) < 4.78 is 5.91. The summed E-state index contributed by atoms with van der Waals surface area (Å²) in [5, 5.41) is 1.70. The van der Waals surface area contributed by atoms with Crippen molar-refractivity contribution in [3.05, 3.63) is 35.0 Å². The highest BCUT2D eigenvalue weighted by molar-refractivity contribution is 6.34. The molecule has 0 spiro atoms. The fraction of sp³-hybridized carbons (Fsp3) is 0.529. The maximum atomic E-state index is 6.44. The van der Waals surface area contributed by atoms with E-state index < -0.39 is 0 Å². The van der Waals surface area contributed by atoms with Gasteiger partial charge in [0, 0.05) is 5.39 Å². The molecular formula is C17H22ClNO. The minimum Gasteiger partial charge on any atom is -0.458 e. The van der Waals surface area contributed by atoms with Gasteiger partial charge in [-0.3, -0.25) is 0 Å². The number of benzene rings is 1. The first-order chi connectivity index (χ1) is 9.46. The first kappa shape index (κ1) is 14.0. The minimum absolute atomic E-state index is 0.0189. The highest BCUT2D eigenvalue weighted by Gasteiger charge is 2.31. The van der Waals surface area contributed by atoms with Crippen LogP contribution in [-0.2, 0) is 0 Å². The minimum atomic E-state index is -0.0189.